The van der Waals surface area contributed by atoms with Crippen molar-refractivity contribution in [2.75, 3.05) is 5.32 Å². The molecule has 1 rings (SSSR count). The quantitative estimate of drug-likeness (QED) is 0.865. The van der Waals surface area contributed by atoms with Gasteiger partial charge in [-0.3, -0.25) is 9.59 Å². The Morgan fingerprint density at radius 1 is 1.33 bits per heavy atom. The number of carbonyl (C=O) groups excluding carboxylic acids is 1. The normalized spacial score (nSPS) is 13.1. The third kappa shape index (κ3) is 5.57. The highest BCUT2D eigenvalue weighted by Gasteiger charge is 2.20. The summed E-state index contributed by atoms with van der Waals surface area (Å²) in [5, 5.41) is 5.76. The van der Waals surface area contributed by atoms with E-state index in [1.165, 1.54) is 0 Å². The fourth-order valence-electron chi connectivity index (χ4n) is 1.83. The van der Waals surface area contributed by atoms with Gasteiger partial charge >= 0.3 is 0 Å². The first-order chi connectivity index (χ1) is 9.60. The van der Waals surface area contributed by atoms with Gasteiger partial charge in [0.15, 0.2) is 5.82 Å². The van der Waals surface area contributed by atoms with Crippen LogP contribution in [0.1, 0.15) is 41.5 Å². The van der Waals surface area contributed by atoms with Gasteiger partial charge in [0.2, 0.25) is 5.91 Å². The number of hydrogen-bond donors (Lipinski definition) is 2. The van der Waals surface area contributed by atoms with Crippen molar-refractivity contribution in [1.82, 2.24) is 14.9 Å². The van der Waals surface area contributed by atoms with Gasteiger partial charge in [0.05, 0.1) is 0 Å². The Bertz CT molecular complexity index is 543. The second kappa shape index (κ2) is 6.74. The van der Waals surface area contributed by atoms with Crippen LogP contribution < -0.4 is 16.2 Å². The van der Waals surface area contributed by atoms with Gasteiger partial charge in [-0.15, -0.1) is 0 Å². The molecule has 0 saturated carbocycles. The number of amides is 1. The van der Waals surface area contributed by atoms with Gasteiger partial charge in [-0.05, 0) is 33.6 Å². The van der Waals surface area contributed by atoms with Crippen molar-refractivity contribution >= 4 is 11.7 Å². The fraction of sp³-hybridized carbons (Fsp3) is 0.667. The summed E-state index contributed by atoms with van der Waals surface area (Å²) in [6.07, 6.45) is 3.23. The molecule has 0 bridgehead atoms. The lowest BCUT2D eigenvalue weighted by Crippen LogP contribution is -2.47. The highest BCUT2D eigenvalue weighted by molar-refractivity contribution is 5.84. The second-order valence-corrected chi connectivity index (χ2v) is 6.73. The molecule has 0 aliphatic heterocycles. The van der Waals surface area contributed by atoms with Gasteiger partial charge in [0, 0.05) is 24.5 Å². The third-order valence-electron chi connectivity index (χ3n) is 2.72. The number of aromatic nitrogens is 2. The third-order valence-corrected chi connectivity index (χ3v) is 2.72. The van der Waals surface area contributed by atoms with Crippen LogP contribution in [-0.4, -0.2) is 27.0 Å². The van der Waals surface area contributed by atoms with Crippen LogP contribution in [0.5, 0.6) is 0 Å². The number of anilines is 1. The van der Waals surface area contributed by atoms with E-state index >= 15 is 0 Å². The minimum absolute atomic E-state index is 0.164. The summed E-state index contributed by atoms with van der Waals surface area (Å²) < 4.78 is 1.61. The van der Waals surface area contributed by atoms with Gasteiger partial charge in [0.1, 0.15) is 6.04 Å². The summed E-state index contributed by atoms with van der Waals surface area (Å²) in [7, 11) is 0. The molecule has 1 aromatic heterocycles. The molecule has 6 heteroatoms. The van der Waals surface area contributed by atoms with Crippen molar-refractivity contribution in [3.63, 3.8) is 0 Å². The van der Waals surface area contributed by atoms with Crippen LogP contribution in [0.15, 0.2) is 17.2 Å². The number of rotatable bonds is 5. The first-order valence-corrected chi connectivity index (χ1v) is 7.24. The predicted octanol–water partition coefficient (Wildman–Crippen LogP) is 1.61. The molecule has 2 N–H and O–H groups in total. The van der Waals surface area contributed by atoms with E-state index in [4.69, 9.17) is 0 Å². The average Bonchev–Trinajstić information content (AvgIpc) is 2.31. The van der Waals surface area contributed by atoms with Gasteiger partial charge < -0.3 is 15.2 Å². The zero-order valence-corrected chi connectivity index (χ0v) is 13.7. The molecule has 1 atom stereocenters. The van der Waals surface area contributed by atoms with Crippen LogP contribution in [0.2, 0.25) is 0 Å². The van der Waals surface area contributed by atoms with Crippen molar-refractivity contribution in [2.24, 2.45) is 5.92 Å². The molecule has 0 radical (unpaired) electrons. The van der Waals surface area contributed by atoms with E-state index in [0.29, 0.717) is 12.5 Å². The van der Waals surface area contributed by atoms with Gasteiger partial charge in [-0.1, -0.05) is 13.8 Å². The Morgan fingerprint density at radius 2 is 1.95 bits per heavy atom. The summed E-state index contributed by atoms with van der Waals surface area (Å²) in [6.45, 7) is 12.1. The summed E-state index contributed by atoms with van der Waals surface area (Å²) in [4.78, 5) is 28.3. The van der Waals surface area contributed by atoms with Gasteiger partial charge in [0.25, 0.3) is 5.56 Å². The SMILES string of the molecule is CC(C)Cn1ccnc(NC(C)C(=O)NC(C)(C)C)c1=O. The Labute approximate surface area is 126 Å². The highest BCUT2D eigenvalue weighted by Crippen LogP contribution is 2.03. The number of nitrogens with one attached hydrogen (secondary N) is 2. The van der Waals surface area contributed by atoms with Crippen LogP contribution in [0.4, 0.5) is 5.82 Å². The van der Waals surface area contributed by atoms with E-state index in [1.54, 1.807) is 23.9 Å². The molecular weight excluding hydrogens is 268 g/mol. The lowest BCUT2D eigenvalue weighted by atomic mass is 10.1. The van der Waals surface area contributed by atoms with E-state index in [2.05, 4.69) is 15.6 Å². The Balaban J connectivity index is 2.84. The van der Waals surface area contributed by atoms with Crippen LogP contribution in [0.3, 0.4) is 0 Å². The molecule has 0 aromatic carbocycles. The molecule has 0 aliphatic rings. The number of nitrogens with zero attached hydrogens (tertiary/aromatic N) is 2. The zero-order chi connectivity index (χ0) is 16.2. The van der Waals surface area contributed by atoms with E-state index < -0.39 is 6.04 Å². The van der Waals surface area contributed by atoms with E-state index in [9.17, 15) is 9.59 Å². The fourth-order valence-corrected chi connectivity index (χ4v) is 1.83. The van der Waals surface area contributed by atoms with Crippen LogP contribution in [-0.2, 0) is 11.3 Å². The van der Waals surface area contributed by atoms with Crippen molar-refractivity contribution in [3.05, 3.63) is 22.7 Å². The maximum absolute atomic E-state index is 12.3. The van der Waals surface area contributed by atoms with E-state index in [1.807, 2.05) is 34.6 Å². The molecule has 1 amide bonds. The number of hydrogen-bond acceptors (Lipinski definition) is 4. The molecule has 0 fully saturated rings. The van der Waals surface area contributed by atoms with E-state index in [-0.39, 0.29) is 22.8 Å². The molecule has 0 aliphatic carbocycles. The Morgan fingerprint density at radius 3 is 2.48 bits per heavy atom. The van der Waals surface area contributed by atoms with Gasteiger partial charge in [-0.2, -0.15) is 0 Å². The summed E-state index contributed by atoms with van der Waals surface area (Å²) in [6, 6.07) is -0.528. The summed E-state index contributed by atoms with van der Waals surface area (Å²) in [5.41, 5.74) is -0.517. The highest BCUT2D eigenvalue weighted by atomic mass is 16.2. The maximum Gasteiger partial charge on any atom is 0.293 e. The average molecular weight is 294 g/mol. The van der Waals surface area contributed by atoms with Crippen LogP contribution in [0.25, 0.3) is 0 Å². The molecular formula is C15H26N4O2. The van der Waals surface area contributed by atoms with Crippen LogP contribution >= 0.6 is 0 Å². The largest absolute Gasteiger partial charge is 0.354 e. The molecule has 1 unspecified atom stereocenters. The molecule has 21 heavy (non-hydrogen) atoms. The lowest BCUT2D eigenvalue weighted by molar-refractivity contribution is -0.122. The standard InChI is InChI=1S/C15H26N4O2/c1-10(2)9-19-8-7-16-12(14(19)21)17-11(3)13(20)18-15(4,5)6/h7-8,10-11H,9H2,1-6H3,(H,16,17)(H,18,20). The van der Waals surface area contributed by atoms with Crippen molar-refractivity contribution in [1.29, 1.82) is 0 Å². The van der Waals surface area contributed by atoms with E-state index in [0.717, 1.165) is 0 Å². The molecule has 6 nitrogen and oxygen atoms in total. The second-order valence-electron chi connectivity index (χ2n) is 6.73. The molecule has 1 aromatic rings. The lowest BCUT2D eigenvalue weighted by Gasteiger charge is -2.23. The van der Waals surface area contributed by atoms with Crippen molar-refractivity contribution in [2.45, 2.75) is 59.7 Å². The smallest absolute Gasteiger partial charge is 0.293 e. The van der Waals surface area contributed by atoms with Gasteiger partial charge in [-0.25, -0.2) is 4.98 Å². The Kier molecular flexibility index (Phi) is 5.52. The van der Waals surface area contributed by atoms with Crippen LogP contribution in [0, 0.1) is 5.92 Å². The molecule has 118 valence electrons. The summed E-state index contributed by atoms with van der Waals surface area (Å²) >= 11 is 0. The first-order valence-electron chi connectivity index (χ1n) is 7.24. The molecule has 0 saturated heterocycles. The van der Waals surface area contributed by atoms with Crippen molar-refractivity contribution in [3.8, 4) is 0 Å². The molecule has 1 heterocycles. The minimum Gasteiger partial charge on any atom is -0.354 e. The van der Waals surface area contributed by atoms with Crippen molar-refractivity contribution < 1.29 is 4.79 Å². The zero-order valence-electron chi connectivity index (χ0n) is 13.7. The first kappa shape index (κ1) is 17.2. The maximum atomic E-state index is 12.3. The minimum atomic E-state index is -0.528. The summed E-state index contributed by atoms with van der Waals surface area (Å²) in [5.74, 6) is 0.400. The predicted molar refractivity (Wildman–Crippen MR) is 84.3 cm³/mol. The number of carbonyl (C=O) groups is 1. The topological polar surface area (TPSA) is 76.0 Å². The Hall–Kier alpha value is -1.85. The monoisotopic (exact) mass is 294 g/mol. The molecule has 0 spiro atoms.